The molecular formula is C14H27N3. The molecule has 3 heteroatoms. The molecular weight excluding hydrogens is 210 g/mol. The maximum atomic E-state index is 8.81. The van der Waals surface area contributed by atoms with Crippen molar-refractivity contribution < 1.29 is 0 Å². The van der Waals surface area contributed by atoms with E-state index in [-0.39, 0.29) is 0 Å². The summed E-state index contributed by atoms with van der Waals surface area (Å²) in [5, 5.41) is 12.5. The highest BCUT2D eigenvalue weighted by molar-refractivity contribution is 4.88. The van der Waals surface area contributed by atoms with Crippen molar-refractivity contribution in [3.05, 3.63) is 0 Å². The van der Waals surface area contributed by atoms with Crippen LogP contribution in [0, 0.1) is 22.7 Å². The van der Waals surface area contributed by atoms with Crippen molar-refractivity contribution in [2.24, 2.45) is 11.3 Å². The average molecular weight is 237 g/mol. The second-order valence-corrected chi connectivity index (χ2v) is 6.50. The number of nitriles is 1. The van der Waals surface area contributed by atoms with Gasteiger partial charge in [0.1, 0.15) is 0 Å². The maximum absolute atomic E-state index is 8.81. The van der Waals surface area contributed by atoms with Crippen LogP contribution in [0.2, 0.25) is 0 Å². The minimum atomic E-state index is 0.333. The second kappa shape index (κ2) is 6.37. The second-order valence-electron chi connectivity index (χ2n) is 6.50. The van der Waals surface area contributed by atoms with Crippen molar-refractivity contribution in [2.45, 2.75) is 46.6 Å². The average Bonchev–Trinajstić information content (AvgIpc) is 2.25. The fourth-order valence-electron chi connectivity index (χ4n) is 2.43. The fraction of sp³-hybridized carbons (Fsp3) is 0.929. The molecule has 0 aliphatic carbocycles. The molecule has 1 rings (SSSR count). The van der Waals surface area contributed by atoms with Gasteiger partial charge in [0.05, 0.1) is 12.6 Å². The van der Waals surface area contributed by atoms with Crippen molar-refractivity contribution in [1.82, 2.24) is 10.2 Å². The number of piperidine rings is 1. The largest absolute Gasteiger partial charge is 0.312 e. The van der Waals surface area contributed by atoms with Gasteiger partial charge in [-0.1, -0.05) is 34.1 Å². The Morgan fingerprint density at radius 3 is 2.59 bits per heavy atom. The summed E-state index contributed by atoms with van der Waals surface area (Å²) in [6.07, 6.45) is 2.48. The molecule has 1 aliphatic heterocycles. The molecule has 1 aliphatic rings. The Labute approximate surface area is 106 Å². The van der Waals surface area contributed by atoms with Gasteiger partial charge in [-0.2, -0.15) is 5.26 Å². The smallest absolute Gasteiger partial charge is 0.0866 e. The molecule has 98 valence electrons. The topological polar surface area (TPSA) is 39.1 Å². The quantitative estimate of drug-likeness (QED) is 0.762. The minimum Gasteiger partial charge on any atom is -0.312 e. The first-order valence-electron chi connectivity index (χ1n) is 6.77. The summed E-state index contributed by atoms with van der Waals surface area (Å²) < 4.78 is 0. The first-order chi connectivity index (χ1) is 7.94. The van der Waals surface area contributed by atoms with Crippen LogP contribution in [-0.4, -0.2) is 37.1 Å². The highest BCUT2D eigenvalue weighted by Gasteiger charge is 2.26. The molecule has 17 heavy (non-hydrogen) atoms. The summed E-state index contributed by atoms with van der Waals surface area (Å²) in [5.74, 6) is 0.745. The molecule has 1 N–H and O–H groups in total. The Kier molecular flexibility index (Phi) is 5.42. The molecule has 0 radical (unpaired) electrons. The Balaban J connectivity index is 2.45. The van der Waals surface area contributed by atoms with Crippen LogP contribution in [0.15, 0.2) is 0 Å². The van der Waals surface area contributed by atoms with E-state index in [1.807, 2.05) is 0 Å². The van der Waals surface area contributed by atoms with Gasteiger partial charge in [0.2, 0.25) is 0 Å². The molecule has 1 saturated heterocycles. The van der Waals surface area contributed by atoms with Crippen LogP contribution in [0.5, 0.6) is 0 Å². The monoisotopic (exact) mass is 237 g/mol. The van der Waals surface area contributed by atoms with E-state index < -0.39 is 0 Å². The Morgan fingerprint density at radius 2 is 2.06 bits per heavy atom. The van der Waals surface area contributed by atoms with Crippen molar-refractivity contribution >= 4 is 0 Å². The normalized spacial score (nSPS) is 26.8. The number of nitrogens with one attached hydrogen (secondary N) is 1. The first kappa shape index (κ1) is 14.5. The summed E-state index contributed by atoms with van der Waals surface area (Å²) in [7, 11) is 0. The lowest BCUT2D eigenvalue weighted by atomic mass is 9.90. The van der Waals surface area contributed by atoms with Crippen LogP contribution in [0.3, 0.4) is 0 Å². The third kappa shape index (κ3) is 5.52. The molecule has 0 aromatic carbocycles. The molecule has 0 amide bonds. The Bertz CT molecular complexity index is 262. The zero-order valence-corrected chi connectivity index (χ0v) is 11.8. The molecule has 0 spiro atoms. The van der Waals surface area contributed by atoms with Crippen molar-refractivity contribution in [3.8, 4) is 6.07 Å². The SMILES string of the molecule is CCC1CC(NCC(C)(C)C)CN(CC#N)C1. The lowest BCUT2D eigenvalue weighted by Gasteiger charge is -2.38. The highest BCUT2D eigenvalue weighted by Crippen LogP contribution is 2.20. The number of hydrogen-bond donors (Lipinski definition) is 1. The Hall–Kier alpha value is -0.590. The molecule has 1 fully saturated rings. The van der Waals surface area contributed by atoms with Gasteiger partial charge < -0.3 is 5.32 Å². The van der Waals surface area contributed by atoms with Crippen LogP contribution in [0.1, 0.15) is 40.5 Å². The third-order valence-corrected chi connectivity index (χ3v) is 3.41. The predicted octanol–water partition coefficient (Wildman–Crippen LogP) is 2.25. The van der Waals surface area contributed by atoms with E-state index in [2.05, 4.69) is 44.0 Å². The minimum absolute atomic E-state index is 0.333. The predicted molar refractivity (Wildman–Crippen MR) is 71.7 cm³/mol. The molecule has 2 atom stereocenters. The third-order valence-electron chi connectivity index (χ3n) is 3.41. The van der Waals surface area contributed by atoms with Crippen LogP contribution in [0.4, 0.5) is 0 Å². The standard InChI is InChI=1S/C14H27N3/c1-5-12-8-13(16-11-14(2,3)4)10-17(9-12)7-6-15/h12-13,16H,5,7-11H2,1-4H3. The summed E-state index contributed by atoms with van der Waals surface area (Å²) in [4.78, 5) is 2.29. The summed E-state index contributed by atoms with van der Waals surface area (Å²) in [5.41, 5.74) is 0.333. The molecule has 3 nitrogen and oxygen atoms in total. The van der Waals surface area contributed by atoms with E-state index >= 15 is 0 Å². The van der Waals surface area contributed by atoms with Gasteiger partial charge in [0.25, 0.3) is 0 Å². The molecule has 0 saturated carbocycles. The summed E-state index contributed by atoms with van der Waals surface area (Å²) in [6, 6.07) is 2.83. The molecule has 0 aromatic heterocycles. The number of hydrogen-bond acceptors (Lipinski definition) is 3. The van der Waals surface area contributed by atoms with E-state index in [0.29, 0.717) is 18.0 Å². The zero-order valence-electron chi connectivity index (χ0n) is 11.8. The van der Waals surface area contributed by atoms with Crippen molar-refractivity contribution in [2.75, 3.05) is 26.2 Å². The van der Waals surface area contributed by atoms with Crippen LogP contribution in [-0.2, 0) is 0 Å². The fourth-order valence-corrected chi connectivity index (χ4v) is 2.43. The number of nitrogens with zero attached hydrogens (tertiary/aromatic N) is 2. The van der Waals surface area contributed by atoms with E-state index in [4.69, 9.17) is 5.26 Å². The molecule has 2 unspecified atom stereocenters. The lowest BCUT2D eigenvalue weighted by molar-refractivity contribution is 0.146. The number of rotatable bonds is 4. The number of likely N-dealkylation sites (tertiary alicyclic amines) is 1. The van der Waals surface area contributed by atoms with Gasteiger partial charge in [0.15, 0.2) is 0 Å². The van der Waals surface area contributed by atoms with E-state index in [0.717, 1.165) is 25.6 Å². The molecule has 0 bridgehead atoms. The van der Waals surface area contributed by atoms with Gasteiger partial charge >= 0.3 is 0 Å². The van der Waals surface area contributed by atoms with Crippen molar-refractivity contribution in [1.29, 1.82) is 5.26 Å². The summed E-state index contributed by atoms with van der Waals surface area (Å²) >= 11 is 0. The van der Waals surface area contributed by atoms with Crippen molar-refractivity contribution in [3.63, 3.8) is 0 Å². The van der Waals surface area contributed by atoms with Gasteiger partial charge in [-0.05, 0) is 17.8 Å². The zero-order chi connectivity index (χ0) is 12.9. The first-order valence-corrected chi connectivity index (χ1v) is 6.77. The Morgan fingerprint density at radius 1 is 1.35 bits per heavy atom. The van der Waals surface area contributed by atoms with Crippen LogP contribution < -0.4 is 5.32 Å². The van der Waals surface area contributed by atoms with Gasteiger partial charge in [0, 0.05) is 25.7 Å². The van der Waals surface area contributed by atoms with E-state index in [9.17, 15) is 0 Å². The van der Waals surface area contributed by atoms with Crippen LogP contribution in [0.25, 0.3) is 0 Å². The van der Waals surface area contributed by atoms with Gasteiger partial charge in [-0.15, -0.1) is 0 Å². The highest BCUT2D eigenvalue weighted by atomic mass is 15.2. The lowest BCUT2D eigenvalue weighted by Crippen LogP contribution is -2.50. The van der Waals surface area contributed by atoms with Gasteiger partial charge in [-0.3, -0.25) is 4.90 Å². The van der Waals surface area contributed by atoms with E-state index in [1.165, 1.54) is 12.8 Å². The van der Waals surface area contributed by atoms with Crippen LogP contribution >= 0.6 is 0 Å². The van der Waals surface area contributed by atoms with Gasteiger partial charge in [-0.25, -0.2) is 0 Å². The maximum Gasteiger partial charge on any atom is 0.0866 e. The molecule has 0 aromatic rings. The summed E-state index contributed by atoms with van der Waals surface area (Å²) in [6.45, 7) is 12.8. The molecule has 1 heterocycles. The van der Waals surface area contributed by atoms with E-state index in [1.54, 1.807) is 0 Å².